The van der Waals surface area contributed by atoms with Crippen LogP contribution in [0.15, 0.2) is 0 Å². The molecule has 1 fully saturated rings. The van der Waals surface area contributed by atoms with Gasteiger partial charge in [0.15, 0.2) is 0 Å². The van der Waals surface area contributed by atoms with Gasteiger partial charge in [-0.25, -0.2) is 0 Å². The number of nitrogens with zero attached hydrogens (tertiary/aromatic N) is 2. The van der Waals surface area contributed by atoms with Crippen LogP contribution < -0.4 is 0 Å². The molecule has 0 radical (unpaired) electrons. The molecule has 0 saturated carbocycles. The Balaban J connectivity index is 2.44. The van der Waals surface area contributed by atoms with Gasteiger partial charge in [0, 0.05) is 0 Å². The molecule has 1 aliphatic heterocycles. The summed E-state index contributed by atoms with van der Waals surface area (Å²) < 4.78 is 1.56. The second kappa shape index (κ2) is 3.05. The minimum atomic E-state index is 1.17. The van der Waals surface area contributed by atoms with Crippen LogP contribution in [0.25, 0.3) is 0 Å². The third-order valence-corrected chi connectivity index (χ3v) is 3.23. The van der Waals surface area contributed by atoms with Crippen molar-refractivity contribution in [1.29, 1.82) is 0 Å². The van der Waals surface area contributed by atoms with Crippen LogP contribution in [0.2, 0.25) is 0 Å². The van der Waals surface area contributed by atoms with Crippen LogP contribution >= 0.6 is 0 Å². The predicted octanol–water partition coefficient (Wildman–Crippen LogP) is -0.460. The standard InChI is InChI=1S/C6H12N2.W/c1-7-3-5-8(2)6-4-7;/h3-5H2,1-2H3;. The normalized spacial score (nSPS) is 24.9. The third kappa shape index (κ3) is 1.96. The van der Waals surface area contributed by atoms with E-state index in [9.17, 15) is 0 Å². The summed E-state index contributed by atoms with van der Waals surface area (Å²) in [5.74, 6) is 0. The Morgan fingerprint density at radius 2 is 2.00 bits per heavy atom. The van der Waals surface area contributed by atoms with Gasteiger partial charge >= 0.3 is 66.9 Å². The molecule has 0 aromatic rings. The average Bonchev–Trinajstić information content (AvgIpc) is 1.80. The van der Waals surface area contributed by atoms with Crippen LogP contribution in [0.4, 0.5) is 0 Å². The van der Waals surface area contributed by atoms with Gasteiger partial charge in [0.25, 0.3) is 0 Å². The second-order valence-corrected chi connectivity index (χ2v) is 4.25. The summed E-state index contributed by atoms with van der Waals surface area (Å²) in [6.45, 7) is 3.59. The topological polar surface area (TPSA) is 6.48 Å². The summed E-state index contributed by atoms with van der Waals surface area (Å²) >= 11 is 1.61. The van der Waals surface area contributed by atoms with Crippen molar-refractivity contribution in [2.45, 2.75) is 0 Å². The summed E-state index contributed by atoms with van der Waals surface area (Å²) in [5.41, 5.74) is 0. The Bertz CT molecular complexity index is 124. The van der Waals surface area contributed by atoms with Crippen molar-refractivity contribution in [3.05, 3.63) is 0 Å². The number of piperazine rings is 1. The van der Waals surface area contributed by atoms with E-state index in [-0.39, 0.29) is 0 Å². The fourth-order valence-electron chi connectivity index (χ4n) is 0.876. The molecular weight excluding hydrogens is 284 g/mol. The molecule has 1 heterocycles. The zero-order valence-electron chi connectivity index (χ0n) is 5.92. The second-order valence-electron chi connectivity index (χ2n) is 2.55. The maximum atomic E-state index is 2.36. The molecule has 1 aliphatic rings. The van der Waals surface area contributed by atoms with E-state index in [4.69, 9.17) is 0 Å². The van der Waals surface area contributed by atoms with Crippen molar-refractivity contribution in [3.63, 3.8) is 0 Å². The summed E-state index contributed by atoms with van der Waals surface area (Å²) in [5, 5.41) is 0. The molecule has 0 unspecified atom stereocenters. The molecule has 3 heteroatoms. The van der Waals surface area contributed by atoms with E-state index in [0.29, 0.717) is 0 Å². The molecule has 1 saturated heterocycles. The summed E-state index contributed by atoms with van der Waals surface area (Å²) in [4.78, 5) is 4.72. The van der Waals surface area contributed by atoms with Crippen LogP contribution in [0, 0.1) is 0 Å². The fourth-order valence-corrected chi connectivity index (χ4v) is 2.00. The van der Waals surface area contributed by atoms with E-state index in [2.05, 4.69) is 23.9 Å². The Kier molecular flexibility index (Phi) is 2.57. The van der Waals surface area contributed by atoms with E-state index in [0.717, 1.165) is 0 Å². The van der Waals surface area contributed by atoms with Crippen molar-refractivity contribution in [2.24, 2.45) is 0 Å². The van der Waals surface area contributed by atoms with Gasteiger partial charge in [0.1, 0.15) is 0 Å². The van der Waals surface area contributed by atoms with Crippen molar-refractivity contribution in [1.82, 2.24) is 9.80 Å². The quantitative estimate of drug-likeness (QED) is 0.597. The van der Waals surface area contributed by atoms with Crippen LogP contribution in [0.1, 0.15) is 0 Å². The Morgan fingerprint density at radius 1 is 1.33 bits per heavy atom. The molecule has 0 spiro atoms. The van der Waals surface area contributed by atoms with Crippen LogP contribution in [0.3, 0.4) is 0 Å². The van der Waals surface area contributed by atoms with Gasteiger partial charge in [0.2, 0.25) is 0 Å². The van der Waals surface area contributed by atoms with Gasteiger partial charge < -0.3 is 0 Å². The van der Waals surface area contributed by atoms with E-state index in [1.54, 1.807) is 23.4 Å². The summed E-state index contributed by atoms with van der Waals surface area (Å²) in [7, 11) is 4.35. The first-order valence-corrected chi connectivity index (χ1v) is 4.59. The molecule has 0 aliphatic carbocycles. The Labute approximate surface area is 67.2 Å². The summed E-state index contributed by atoms with van der Waals surface area (Å²) in [6, 6.07) is 0. The van der Waals surface area contributed by atoms with Gasteiger partial charge in [-0.3, -0.25) is 0 Å². The SMILES string of the molecule is CN1CCN(C)[C](=[W])C1. The molecule has 52 valence electrons. The van der Waals surface area contributed by atoms with Gasteiger partial charge in [-0.2, -0.15) is 0 Å². The zero-order chi connectivity index (χ0) is 6.85. The number of likely N-dealkylation sites (N-methyl/N-ethyl adjacent to an activating group) is 2. The first-order valence-electron chi connectivity index (χ1n) is 3.12. The molecule has 9 heavy (non-hydrogen) atoms. The first-order chi connectivity index (χ1) is 4.20. The fraction of sp³-hybridized carbons (Fsp3) is 0.833. The molecular formula is C6H12N2W. The van der Waals surface area contributed by atoms with E-state index >= 15 is 0 Å². The van der Waals surface area contributed by atoms with Gasteiger partial charge in [-0.1, -0.05) is 0 Å². The number of hydrogen-bond donors (Lipinski definition) is 0. The molecule has 1 rings (SSSR count). The molecule has 0 aromatic heterocycles. The molecule has 0 N–H and O–H groups in total. The molecule has 0 atom stereocenters. The monoisotopic (exact) mass is 296 g/mol. The van der Waals surface area contributed by atoms with Gasteiger partial charge in [0.05, 0.1) is 0 Å². The van der Waals surface area contributed by atoms with Gasteiger partial charge in [-0.05, 0) is 0 Å². The first kappa shape index (κ1) is 7.58. The molecule has 0 aromatic carbocycles. The third-order valence-electron chi connectivity index (χ3n) is 1.65. The average molecular weight is 296 g/mol. The Hall–Kier alpha value is 0.478. The Morgan fingerprint density at radius 3 is 2.44 bits per heavy atom. The van der Waals surface area contributed by atoms with Crippen LogP contribution in [0.5, 0.6) is 0 Å². The van der Waals surface area contributed by atoms with E-state index in [1.807, 2.05) is 0 Å². The minimum absolute atomic E-state index is 1.17. The van der Waals surface area contributed by atoms with Crippen LogP contribution in [-0.2, 0) is 19.4 Å². The van der Waals surface area contributed by atoms with Crippen molar-refractivity contribution in [3.8, 4) is 0 Å². The maximum absolute atomic E-state index is 2.36. The van der Waals surface area contributed by atoms with Gasteiger partial charge in [-0.15, -0.1) is 0 Å². The van der Waals surface area contributed by atoms with E-state index < -0.39 is 0 Å². The molecule has 0 amide bonds. The van der Waals surface area contributed by atoms with Crippen molar-refractivity contribution in [2.75, 3.05) is 33.7 Å². The predicted molar refractivity (Wildman–Crippen MR) is 35.1 cm³/mol. The number of rotatable bonds is 0. The number of hydrogen-bond acceptors (Lipinski definition) is 2. The molecule has 0 bridgehead atoms. The zero-order valence-corrected chi connectivity index (χ0v) is 8.86. The summed E-state index contributed by atoms with van der Waals surface area (Å²) in [6.07, 6.45) is 0. The van der Waals surface area contributed by atoms with E-state index in [1.165, 1.54) is 19.6 Å². The molecule has 2 nitrogen and oxygen atoms in total. The van der Waals surface area contributed by atoms with Crippen molar-refractivity contribution >= 4 is 4.02 Å². The van der Waals surface area contributed by atoms with Crippen molar-refractivity contribution < 1.29 is 19.4 Å². The van der Waals surface area contributed by atoms with Crippen LogP contribution in [-0.4, -0.2) is 47.6 Å².